The van der Waals surface area contributed by atoms with Crippen LogP contribution in [0.2, 0.25) is 0 Å². The van der Waals surface area contributed by atoms with Crippen LogP contribution in [-0.4, -0.2) is 69.0 Å². The highest BCUT2D eigenvalue weighted by Gasteiger charge is 2.38. The monoisotopic (exact) mass is 353 g/mol. The van der Waals surface area contributed by atoms with Crippen molar-refractivity contribution in [3.05, 3.63) is 53.9 Å². The maximum atomic E-state index is 12.7. The van der Waals surface area contributed by atoms with Crippen LogP contribution < -0.4 is 0 Å². The average molecular weight is 353 g/mol. The number of piperazine rings is 1. The number of carbonyl (C=O) groups is 1. The molecule has 2 atom stereocenters. The molecule has 0 unspecified atom stereocenters. The van der Waals surface area contributed by atoms with E-state index in [1.54, 1.807) is 18.6 Å². The lowest BCUT2D eigenvalue weighted by molar-refractivity contribution is 0.0434. The summed E-state index contributed by atoms with van der Waals surface area (Å²) < 4.78 is 6.04. The van der Waals surface area contributed by atoms with Crippen molar-refractivity contribution in [1.82, 2.24) is 24.8 Å². The topological polar surface area (TPSA) is 71.5 Å². The van der Waals surface area contributed by atoms with Crippen molar-refractivity contribution in [1.29, 1.82) is 0 Å². The smallest absolute Gasteiger partial charge is 0.274 e. The van der Waals surface area contributed by atoms with Crippen LogP contribution in [0.3, 0.4) is 0 Å². The normalized spacial score (nSPS) is 23.0. The second-order valence-electron chi connectivity index (χ2n) is 6.93. The Balaban J connectivity index is 1.32. The summed E-state index contributed by atoms with van der Waals surface area (Å²) in [6.07, 6.45) is 6.12. The Labute approximate surface area is 153 Å². The molecule has 2 aliphatic heterocycles. The Kier molecular flexibility index (Phi) is 4.90. The van der Waals surface area contributed by atoms with Gasteiger partial charge in [0, 0.05) is 44.6 Å². The summed E-state index contributed by atoms with van der Waals surface area (Å²) in [6, 6.07) is 6.20. The van der Waals surface area contributed by atoms with Crippen LogP contribution >= 0.6 is 0 Å². The Hall–Kier alpha value is -2.38. The molecule has 0 bridgehead atoms. The standard InChI is InChI=1S/C19H23N5O2/c1-14-9-22-18(10-21-14)19(25)24-7-6-23-12-17(8-16(23)11-24)26-13-15-4-2-3-5-20-15/h2-5,9-10,16-17H,6-8,11-13H2,1H3/t16-,17+/m0/s1. The lowest BCUT2D eigenvalue weighted by Crippen LogP contribution is -2.52. The molecule has 26 heavy (non-hydrogen) atoms. The third kappa shape index (κ3) is 3.73. The van der Waals surface area contributed by atoms with Gasteiger partial charge in [-0.1, -0.05) is 6.07 Å². The van der Waals surface area contributed by atoms with Crippen LogP contribution in [0.5, 0.6) is 0 Å². The van der Waals surface area contributed by atoms with Gasteiger partial charge in [-0.25, -0.2) is 4.98 Å². The number of aromatic nitrogens is 3. The number of hydrogen-bond acceptors (Lipinski definition) is 6. The third-order valence-electron chi connectivity index (χ3n) is 5.06. The van der Waals surface area contributed by atoms with Crippen molar-refractivity contribution in [3.63, 3.8) is 0 Å². The third-order valence-corrected chi connectivity index (χ3v) is 5.06. The number of ether oxygens (including phenoxy) is 1. The van der Waals surface area contributed by atoms with Crippen LogP contribution in [0.4, 0.5) is 0 Å². The van der Waals surface area contributed by atoms with Gasteiger partial charge in [-0.05, 0) is 25.5 Å². The predicted molar refractivity (Wildman–Crippen MR) is 95.5 cm³/mol. The van der Waals surface area contributed by atoms with Gasteiger partial charge in [-0.15, -0.1) is 0 Å². The first-order chi connectivity index (χ1) is 12.7. The summed E-state index contributed by atoms with van der Waals surface area (Å²) in [5, 5.41) is 0. The predicted octanol–water partition coefficient (Wildman–Crippen LogP) is 1.30. The fourth-order valence-electron chi connectivity index (χ4n) is 3.65. The quantitative estimate of drug-likeness (QED) is 0.825. The second-order valence-corrected chi connectivity index (χ2v) is 6.93. The molecule has 2 saturated heterocycles. The molecule has 2 aromatic heterocycles. The summed E-state index contributed by atoms with van der Waals surface area (Å²) in [5.74, 6) is -0.0324. The first-order valence-electron chi connectivity index (χ1n) is 9.02. The molecule has 136 valence electrons. The van der Waals surface area contributed by atoms with Crippen molar-refractivity contribution in [3.8, 4) is 0 Å². The summed E-state index contributed by atoms with van der Waals surface area (Å²) in [6.45, 7) is 5.63. The Morgan fingerprint density at radius 2 is 2.12 bits per heavy atom. The molecule has 0 saturated carbocycles. The number of amides is 1. The van der Waals surface area contributed by atoms with E-state index in [0.717, 1.165) is 44.0 Å². The largest absolute Gasteiger partial charge is 0.371 e. The molecule has 0 spiro atoms. The van der Waals surface area contributed by atoms with Gasteiger partial charge in [-0.2, -0.15) is 0 Å². The van der Waals surface area contributed by atoms with E-state index in [1.807, 2.05) is 30.0 Å². The van der Waals surface area contributed by atoms with E-state index in [9.17, 15) is 4.79 Å². The molecular formula is C19H23N5O2. The first-order valence-corrected chi connectivity index (χ1v) is 9.02. The fraction of sp³-hybridized carbons (Fsp3) is 0.474. The molecule has 7 heteroatoms. The van der Waals surface area contributed by atoms with Gasteiger partial charge >= 0.3 is 0 Å². The van der Waals surface area contributed by atoms with Crippen molar-refractivity contribution in [2.75, 3.05) is 26.2 Å². The molecule has 0 aliphatic carbocycles. The van der Waals surface area contributed by atoms with Gasteiger partial charge in [-0.3, -0.25) is 19.7 Å². The molecule has 7 nitrogen and oxygen atoms in total. The Bertz CT molecular complexity index is 752. The highest BCUT2D eigenvalue weighted by atomic mass is 16.5. The minimum Gasteiger partial charge on any atom is -0.371 e. The number of hydrogen-bond donors (Lipinski definition) is 0. The molecule has 4 rings (SSSR count). The summed E-state index contributed by atoms with van der Waals surface area (Å²) in [4.78, 5) is 29.7. The molecule has 4 heterocycles. The van der Waals surface area contributed by atoms with E-state index in [2.05, 4.69) is 19.9 Å². The van der Waals surface area contributed by atoms with E-state index >= 15 is 0 Å². The van der Waals surface area contributed by atoms with Crippen LogP contribution in [0, 0.1) is 6.92 Å². The Morgan fingerprint density at radius 1 is 1.19 bits per heavy atom. The zero-order valence-corrected chi connectivity index (χ0v) is 14.9. The minimum atomic E-state index is -0.0324. The molecule has 2 aromatic rings. The molecule has 0 radical (unpaired) electrons. The molecule has 0 aromatic carbocycles. The lowest BCUT2D eigenvalue weighted by atomic mass is 10.1. The minimum absolute atomic E-state index is 0.0324. The highest BCUT2D eigenvalue weighted by Crippen LogP contribution is 2.25. The van der Waals surface area contributed by atoms with E-state index < -0.39 is 0 Å². The van der Waals surface area contributed by atoms with Gasteiger partial charge < -0.3 is 9.64 Å². The maximum absolute atomic E-state index is 12.7. The maximum Gasteiger partial charge on any atom is 0.274 e. The van der Waals surface area contributed by atoms with E-state index in [4.69, 9.17) is 4.74 Å². The van der Waals surface area contributed by atoms with Crippen molar-refractivity contribution in [2.45, 2.75) is 32.1 Å². The summed E-state index contributed by atoms with van der Waals surface area (Å²) in [5.41, 5.74) is 2.19. The second kappa shape index (κ2) is 7.47. The molecular weight excluding hydrogens is 330 g/mol. The van der Waals surface area contributed by atoms with E-state index in [0.29, 0.717) is 18.3 Å². The van der Waals surface area contributed by atoms with Gasteiger partial charge in [0.25, 0.3) is 5.91 Å². The number of carbonyl (C=O) groups excluding carboxylic acids is 1. The Morgan fingerprint density at radius 3 is 2.88 bits per heavy atom. The zero-order chi connectivity index (χ0) is 17.9. The van der Waals surface area contributed by atoms with Crippen molar-refractivity contribution >= 4 is 5.91 Å². The van der Waals surface area contributed by atoms with Crippen LogP contribution in [0.25, 0.3) is 0 Å². The zero-order valence-electron chi connectivity index (χ0n) is 14.9. The summed E-state index contributed by atoms with van der Waals surface area (Å²) in [7, 11) is 0. The molecule has 0 N–H and O–H groups in total. The highest BCUT2D eigenvalue weighted by molar-refractivity contribution is 5.92. The van der Waals surface area contributed by atoms with Crippen molar-refractivity contribution in [2.24, 2.45) is 0 Å². The van der Waals surface area contributed by atoms with E-state index in [-0.39, 0.29) is 12.0 Å². The summed E-state index contributed by atoms with van der Waals surface area (Å²) >= 11 is 0. The number of aryl methyl sites for hydroxylation is 1. The van der Waals surface area contributed by atoms with Gasteiger partial charge in [0.2, 0.25) is 0 Å². The van der Waals surface area contributed by atoms with E-state index in [1.165, 1.54) is 0 Å². The number of pyridine rings is 1. The van der Waals surface area contributed by atoms with Gasteiger partial charge in [0.1, 0.15) is 5.69 Å². The van der Waals surface area contributed by atoms with Crippen LogP contribution in [0.1, 0.15) is 28.3 Å². The number of nitrogens with zero attached hydrogens (tertiary/aromatic N) is 5. The van der Waals surface area contributed by atoms with Crippen LogP contribution in [0.15, 0.2) is 36.8 Å². The molecule has 1 amide bonds. The van der Waals surface area contributed by atoms with Gasteiger partial charge in [0.15, 0.2) is 0 Å². The molecule has 2 fully saturated rings. The molecule has 2 aliphatic rings. The van der Waals surface area contributed by atoms with Crippen molar-refractivity contribution < 1.29 is 9.53 Å². The fourth-order valence-corrected chi connectivity index (χ4v) is 3.65. The first kappa shape index (κ1) is 17.1. The van der Waals surface area contributed by atoms with Crippen LogP contribution in [-0.2, 0) is 11.3 Å². The SMILES string of the molecule is Cc1cnc(C(=O)N2CCN3C[C@H](OCc4ccccn4)C[C@H]3C2)cn1. The number of rotatable bonds is 4. The lowest BCUT2D eigenvalue weighted by Gasteiger charge is -2.37. The average Bonchev–Trinajstić information content (AvgIpc) is 3.09. The van der Waals surface area contributed by atoms with Gasteiger partial charge in [0.05, 0.1) is 30.3 Å². The number of fused-ring (bicyclic) bond motifs is 1.